The summed E-state index contributed by atoms with van der Waals surface area (Å²) in [7, 11) is 0. The maximum atomic E-state index is 13.2. The molecule has 3 amide bonds. The van der Waals surface area contributed by atoms with E-state index < -0.39 is 42.0 Å². The van der Waals surface area contributed by atoms with Crippen LogP contribution in [-0.4, -0.2) is 53.7 Å². The number of fused-ring (bicyclic) bond motifs is 3. The minimum absolute atomic E-state index is 0.0346. The van der Waals surface area contributed by atoms with E-state index in [4.69, 9.17) is 9.47 Å². The van der Waals surface area contributed by atoms with Crippen molar-refractivity contribution in [2.45, 2.75) is 44.8 Å². The normalized spacial score (nSPS) is 12.9. The highest BCUT2D eigenvalue weighted by molar-refractivity contribution is 6.11. The highest BCUT2D eigenvalue weighted by atomic mass is 16.6. The molecule has 0 saturated heterocycles. The zero-order chi connectivity index (χ0) is 29.7. The number of rotatable bonds is 9. The van der Waals surface area contributed by atoms with Crippen LogP contribution in [0.2, 0.25) is 0 Å². The van der Waals surface area contributed by atoms with E-state index in [1.54, 1.807) is 20.8 Å². The first kappa shape index (κ1) is 29.0. The third-order valence-corrected chi connectivity index (χ3v) is 6.48. The molecule has 0 aromatic heterocycles. The van der Waals surface area contributed by atoms with Crippen molar-refractivity contribution in [1.82, 2.24) is 5.32 Å². The number of carbonyl (C=O) groups excluding carboxylic acids is 4. The van der Waals surface area contributed by atoms with E-state index in [0.717, 1.165) is 22.3 Å². The first-order chi connectivity index (χ1) is 19.5. The number of hydrogen-bond acceptors (Lipinski definition) is 7. The molecule has 0 heterocycles. The van der Waals surface area contributed by atoms with Crippen LogP contribution < -0.4 is 10.2 Å². The van der Waals surface area contributed by atoms with E-state index >= 15 is 0 Å². The maximum absolute atomic E-state index is 13.2. The molecule has 0 saturated carbocycles. The predicted octanol–water partition coefficient (Wildman–Crippen LogP) is 5.15. The number of benzene rings is 3. The summed E-state index contributed by atoms with van der Waals surface area (Å²) in [6.45, 7) is 4.83. The predicted molar refractivity (Wildman–Crippen MR) is 150 cm³/mol. The molecule has 10 nitrogen and oxygen atoms in total. The van der Waals surface area contributed by atoms with Crippen LogP contribution >= 0.6 is 0 Å². The molecule has 41 heavy (non-hydrogen) atoms. The Morgan fingerprint density at radius 1 is 0.927 bits per heavy atom. The van der Waals surface area contributed by atoms with Crippen LogP contribution in [0, 0.1) is 0 Å². The second-order valence-electron chi connectivity index (χ2n) is 10.5. The van der Waals surface area contributed by atoms with Crippen molar-refractivity contribution in [1.29, 1.82) is 0 Å². The molecule has 0 fully saturated rings. The van der Waals surface area contributed by atoms with Crippen LogP contribution in [0.3, 0.4) is 0 Å². The third-order valence-electron chi connectivity index (χ3n) is 6.48. The monoisotopic (exact) mass is 558 g/mol. The summed E-state index contributed by atoms with van der Waals surface area (Å²) in [4.78, 5) is 62.8. The van der Waals surface area contributed by atoms with Gasteiger partial charge in [0.1, 0.15) is 18.2 Å². The van der Waals surface area contributed by atoms with E-state index in [1.165, 1.54) is 24.3 Å². The Kier molecular flexibility index (Phi) is 8.51. The van der Waals surface area contributed by atoms with E-state index in [2.05, 4.69) is 5.32 Å². The summed E-state index contributed by atoms with van der Waals surface area (Å²) in [6.07, 6.45) is -2.44. The van der Waals surface area contributed by atoms with E-state index in [1.807, 2.05) is 48.5 Å². The number of nitrogens with one attached hydrogen (secondary N) is 1. The van der Waals surface area contributed by atoms with Gasteiger partial charge in [-0.2, -0.15) is 0 Å². The number of alkyl carbamates (subject to hydrolysis) is 1. The van der Waals surface area contributed by atoms with Gasteiger partial charge in [0.25, 0.3) is 0 Å². The lowest BCUT2D eigenvalue weighted by molar-refractivity contribution is -0.139. The van der Waals surface area contributed by atoms with Crippen molar-refractivity contribution in [3.8, 4) is 11.1 Å². The van der Waals surface area contributed by atoms with E-state index in [9.17, 15) is 29.1 Å². The van der Waals surface area contributed by atoms with Gasteiger partial charge < -0.3 is 19.9 Å². The number of carbonyl (C=O) groups is 5. The van der Waals surface area contributed by atoms with Gasteiger partial charge in [0.2, 0.25) is 6.41 Å². The topological polar surface area (TPSA) is 139 Å². The molecule has 212 valence electrons. The number of anilines is 1. The number of ether oxygens (including phenoxy) is 2. The number of hydrogen-bond donors (Lipinski definition) is 2. The Bertz CT molecular complexity index is 1450. The molecule has 0 unspecified atom stereocenters. The largest absolute Gasteiger partial charge is 0.480 e. The number of aliphatic carboxylic acids is 1. The van der Waals surface area contributed by atoms with Gasteiger partial charge in [0.05, 0.1) is 5.69 Å². The summed E-state index contributed by atoms with van der Waals surface area (Å²) in [5.74, 6) is -2.40. The summed E-state index contributed by atoms with van der Waals surface area (Å²) < 4.78 is 10.7. The number of Topliss-reactive ketones (excluding diaryl/α,β-unsaturated/α-hetero) is 1. The fourth-order valence-electron chi connectivity index (χ4n) is 4.71. The highest BCUT2D eigenvalue weighted by Crippen LogP contribution is 2.44. The Morgan fingerprint density at radius 3 is 2.05 bits per heavy atom. The van der Waals surface area contributed by atoms with Crippen molar-refractivity contribution >= 4 is 36.0 Å². The number of nitrogens with zero attached hydrogens (tertiary/aromatic N) is 1. The summed E-state index contributed by atoms with van der Waals surface area (Å²) in [6, 6.07) is 19.7. The molecule has 0 aliphatic heterocycles. The number of para-hydroxylation sites is 1. The van der Waals surface area contributed by atoms with Gasteiger partial charge in [0, 0.05) is 17.9 Å². The zero-order valence-electron chi connectivity index (χ0n) is 22.8. The Hall–Kier alpha value is -4.99. The Labute approximate surface area is 236 Å². The van der Waals surface area contributed by atoms with Gasteiger partial charge in [-0.3, -0.25) is 9.59 Å². The lowest BCUT2D eigenvalue weighted by Crippen LogP contribution is -2.43. The Morgan fingerprint density at radius 2 is 1.49 bits per heavy atom. The molecule has 3 aromatic rings. The van der Waals surface area contributed by atoms with Crippen molar-refractivity contribution < 1.29 is 38.6 Å². The SMILES string of the molecule is CC(C)(C)OC(=O)N(C=O)c1ccccc1C(=O)C[C@H](NC(=O)OCC1c2ccccc2-c2ccccc21)C(=O)O. The molecule has 1 aliphatic carbocycles. The van der Waals surface area contributed by atoms with Gasteiger partial charge >= 0.3 is 18.2 Å². The summed E-state index contributed by atoms with van der Waals surface area (Å²) >= 11 is 0. The number of carboxylic acid groups (broad SMARTS) is 1. The fraction of sp³-hybridized carbons (Fsp3) is 0.258. The number of amides is 3. The molecule has 0 spiro atoms. The van der Waals surface area contributed by atoms with Crippen LogP contribution in [0.5, 0.6) is 0 Å². The molecule has 1 atom stereocenters. The average molecular weight is 559 g/mol. The first-order valence-electron chi connectivity index (χ1n) is 12.9. The second-order valence-corrected chi connectivity index (χ2v) is 10.5. The molecule has 2 N–H and O–H groups in total. The van der Waals surface area contributed by atoms with Gasteiger partial charge in [-0.1, -0.05) is 60.7 Å². The van der Waals surface area contributed by atoms with Crippen LogP contribution in [-0.2, 0) is 19.1 Å². The fourth-order valence-corrected chi connectivity index (χ4v) is 4.71. The van der Waals surface area contributed by atoms with Crippen molar-refractivity contribution in [3.63, 3.8) is 0 Å². The van der Waals surface area contributed by atoms with Crippen LogP contribution in [0.15, 0.2) is 72.8 Å². The van der Waals surface area contributed by atoms with Gasteiger partial charge in [0.15, 0.2) is 5.78 Å². The van der Waals surface area contributed by atoms with Crippen LogP contribution in [0.25, 0.3) is 11.1 Å². The highest BCUT2D eigenvalue weighted by Gasteiger charge is 2.32. The van der Waals surface area contributed by atoms with Crippen molar-refractivity contribution in [2.75, 3.05) is 11.5 Å². The Balaban J connectivity index is 1.45. The summed E-state index contributed by atoms with van der Waals surface area (Å²) in [5.41, 5.74) is 3.00. The van der Waals surface area contributed by atoms with Crippen LogP contribution in [0.4, 0.5) is 15.3 Å². The molecule has 0 radical (unpaired) electrons. The zero-order valence-corrected chi connectivity index (χ0v) is 22.8. The van der Waals surface area contributed by atoms with Gasteiger partial charge in [-0.25, -0.2) is 19.3 Å². The minimum Gasteiger partial charge on any atom is -0.480 e. The second kappa shape index (κ2) is 12.0. The molecular weight excluding hydrogens is 528 g/mol. The van der Waals surface area contributed by atoms with E-state index in [-0.39, 0.29) is 30.2 Å². The molecule has 0 bridgehead atoms. The molecule has 1 aliphatic rings. The van der Waals surface area contributed by atoms with Crippen LogP contribution in [0.1, 0.15) is 54.6 Å². The molecule has 4 rings (SSSR count). The number of carboxylic acids is 1. The lowest BCUT2D eigenvalue weighted by atomic mass is 9.98. The first-order valence-corrected chi connectivity index (χ1v) is 12.9. The number of imide groups is 1. The third kappa shape index (κ3) is 6.60. The number of ketones is 1. The van der Waals surface area contributed by atoms with E-state index in [0.29, 0.717) is 4.90 Å². The molecule has 3 aromatic carbocycles. The summed E-state index contributed by atoms with van der Waals surface area (Å²) in [5, 5.41) is 12.0. The maximum Gasteiger partial charge on any atom is 0.421 e. The smallest absolute Gasteiger partial charge is 0.421 e. The molecular formula is C31H30N2O8. The lowest BCUT2D eigenvalue weighted by Gasteiger charge is -2.25. The standard InChI is InChI=1S/C31H30N2O8/c1-31(2,3)41-30(39)33(18-34)26-15-9-8-14-23(26)27(35)16-25(28(36)37)32-29(38)40-17-24-21-12-6-4-10-19(21)20-11-5-7-13-22(20)24/h4-15,18,24-25H,16-17H2,1-3H3,(H,32,38)(H,36,37)/t25-/m0/s1. The minimum atomic E-state index is -1.63. The van der Waals surface area contributed by atoms with Gasteiger partial charge in [-0.05, 0) is 55.2 Å². The van der Waals surface area contributed by atoms with Crippen molar-refractivity contribution in [3.05, 3.63) is 89.5 Å². The van der Waals surface area contributed by atoms with Gasteiger partial charge in [-0.15, -0.1) is 0 Å². The molecule has 10 heteroatoms. The van der Waals surface area contributed by atoms with Crippen molar-refractivity contribution in [2.24, 2.45) is 0 Å². The quantitative estimate of drug-likeness (QED) is 0.272. The average Bonchev–Trinajstić information content (AvgIpc) is 3.24.